The van der Waals surface area contributed by atoms with Crippen molar-refractivity contribution in [3.8, 4) is 5.75 Å². The summed E-state index contributed by atoms with van der Waals surface area (Å²) >= 11 is 0. The van der Waals surface area contributed by atoms with Gasteiger partial charge in [-0.15, -0.1) is 0 Å². The zero-order valence-corrected chi connectivity index (χ0v) is 20.5. The third-order valence-electron chi connectivity index (χ3n) is 6.20. The lowest BCUT2D eigenvalue weighted by atomic mass is 10.1. The van der Waals surface area contributed by atoms with Crippen molar-refractivity contribution in [1.29, 1.82) is 0 Å². The van der Waals surface area contributed by atoms with Gasteiger partial charge in [0.05, 0.1) is 11.9 Å². The van der Waals surface area contributed by atoms with E-state index in [2.05, 4.69) is 26.7 Å². The molecule has 5 aromatic rings. The lowest BCUT2D eigenvalue weighted by molar-refractivity contribution is -0.115. The Labute approximate surface area is 215 Å². The molecule has 0 spiro atoms. The highest BCUT2D eigenvalue weighted by Gasteiger charge is 2.11. The van der Waals surface area contributed by atoms with Gasteiger partial charge in [-0.25, -0.2) is 0 Å². The Morgan fingerprint density at radius 2 is 1.76 bits per heavy atom. The Kier molecular flexibility index (Phi) is 7.74. The number of aliphatic hydroxyl groups excluding tert-OH is 1. The second-order valence-electron chi connectivity index (χ2n) is 9.01. The molecule has 1 amide bonds. The minimum Gasteiger partial charge on any atom is -0.490 e. The number of aromatic amines is 1. The second-order valence-corrected chi connectivity index (χ2v) is 9.01. The highest BCUT2D eigenvalue weighted by molar-refractivity contribution is 6.10. The topological polar surface area (TPSA) is 99.3 Å². The number of carbonyl (C=O) groups is 1. The van der Waals surface area contributed by atoms with Crippen molar-refractivity contribution in [1.82, 2.24) is 15.3 Å². The van der Waals surface area contributed by atoms with Crippen LogP contribution in [0.25, 0.3) is 21.8 Å². The average Bonchev–Trinajstić information content (AvgIpc) is 3.31. The zero-order chi connectivity index (χ0) is 25.5. The number of ether oxygens (including phenoxy) is 1. The fourth-order valence-corrected chi connectivity index (χ4v) is 4.36. The number of carbonyl (C=O) groups excluding carboxylic acids is 1. The summed E-state index contributed by atoms with van der Waals surface area (Å²) in [7, 11) is 0. The molecule has 37 heavy (non-hydrogen) atoms. The van der Waals surface area contributed by atoms with Gasteiger partial charge in [0.25, 0.3) is 0 Å². The van der Waals surface area contributed by atoms with Crippen molar-refractivity contribution < 1.29 is 14.6 Å². The van der Waals surface area contributed by atoms with Crippen LogP contribution in [0.1, 0.15) is 11.3 Å². The van der Waals surface area contributed by atoms with Crippen molar-refractivity contribution in [2.75, 3.05) is 25.0 Å². The Bertz CT molecular complexity index is 1470. The van der Waals surface area contributed by atoms with E-state index < -0.39 is 6.10 Å². The van der Waals surface area contributed by atoms with Crippen LogP contribution in [0, 0.1) is 0 Å². The van der Waals surface area contributed by atoms with Gasteiger partial charge in [0, 0.05) is 40.4 Å². The van der Waals surface area contributed by atoms with Crippen LogP contribution in [0.3, 0.4) is 0 Å². The summed E-state index contributed by atoms with van der Waals surface area (Å²) in [6, 6.07) is 27.4. The summed E-state index contributed by atoms with van der Waals surface area (Å²) in [4.78, 5) is 19.8. The summed E-state index contributed by atoms with van der Waals surface area (Å²) in [6.07, 6.45) is 2.11. The number of para-hydroxylation sites is 1. The number of benzene rings is 3. The van der Waals surface area contributed by atoms with E-state index in [0.29, 0.717) is 6.54 Å². The van der Waals surface area contributed by atoms with E-state index in [4.69, 9.17) is 4.74 Å². The van der Waals surface area contributed by atoms with Gasteiger partial charge in [0.15, 0.2) is 0 Å². The van der Waals surface area contributed by atoms with Crippen LogP contribution in [-0.4, -0.2) is 46.8 Å². The predicted molar refractivity (Wildman–Crippen MR) is 147 cm³/mol. The molecule has 0 aliphatic heterocycles. The number of nitrogens with one attached hydrogen (secondary N) is 3. The third kappa shape index (κ3) is 6.33. The summed E-state index contributed by atoms with van der Waals surface area (Å²) in [5.74, 6) is 0.673. The van der Waals surface area contributed by atoms with E-state index in [9.17, 15) is 9.90 Å². The van der Waals surface area contributed by atoms with Crippen LogP contribution >= 0.6 is 0 Å². The first-order valence-corrected chi connectivity index (χ1v) is 12.5. The van der Waals surface area contributed by atoms with Crippen LogP contribution in [0.5, 0.6) is 5.75 Å². The summed E-state index contributed by atoms with van der Waals surface area (Å²) in [6.45, 7) is 1.37. The Morgan fingerprint density at radius 3 is 2.59 bits per heavy atom. The standard InChI is InChI=1S/C30H30N4O3/c35-24(20-37-28-10-5-9-27-30(28)25-7-1-2-8-26(25)34-27)19-31-17-15-21-11-13-22(14-12-21)33-29(36)18-23-6-3-4-16-32-23/h1-14,16,24,31,34-35H,15,17-20H2,(H,33,36)/t24-/m0/s1. The molecule has 7 heteroatoms. The van der Waals surface area contributed by atoms with Crippen molar-refractivity contribution in [2.24, 2.45) is 0 Å². The smallest absolute Gasteiger partial charge is 0.230 e. The van der Waals surface area contributed by atoms with E-state index in [1.165, 1.54) is 0 Å². The molecule has 0 unspecified atom stereocenters. The molecule has 188 valence electrons. The fourth-order valence-electron chi connectivity index (χ4n) is 4.36. The molecule has 0 radical (unpaired) electrons. The summed E-state index contributed by atoms with van der Waals surface area (Å²) in [5.41, 5.74) is 4.73. The molecule has 7 nitrogen and oxygen atoms in total. The maximum Gasteiger partial charge on any atom is 0.230 e. The molecule has 2 aromatic heterocycles. The molecule has 0 aliphatic rings. The number of anilines is 1. The zero-order valence-electron chi connectivity index (χ0n) is 20.5. The third-order valence-corrected chi connectivity index (χ3v) is 6.20. The normalized spacial score (nSPS) is 12.0. The van der Waals surface area contributed by atoms with Crippen molar-refractivity contribution in [3.63, 3.8) is 0 Å². The number of hydrogen-bond acceptors (Lipinski definition) is 5. The lowest BCUT2D eigenvalue weighted by Gasteiger charge is -2.14. The molecule has 0 bridgehead atoms. The molecular weight excluding hydrogens is 464 g/mol. The number of pyridine rings is 1. The highest BCUT2D eigenvalue weighted by Crippen LogP contribution is 2.32. The van der Waals surface area contributed by atoms with E-state index in [1.807, 2.05) is 78.9 Å². The first kappa shape index (κ1) is 24.5. The first-order valence-electron chi connectivity index (χ1n) is 12.5. The number of aromatic nitrogens is 2. The fraction of sp³-hybridized carbons (Fsp3) is 0.200. The van der Waals surface area contributed by atoms with Crippen molar-refractivity contribution in [2.45, 2.75) is 18.9 Å². The van der Waals surface area contributed by atoms with Crippen molar-refractivity contribution >= 4 is 33.4 Å². The number of aliphatic hydroxyl groups is 1. The SMILES string of the molecule is O=C(Cc1ccccn1)Nc1ccc(CCNC[C@H](O)COc2cccc3[nH]c4ccccc4c23)cc1. The summed E-state index contributed by atoms with van der Waals surface area (Å²) < 4.78 is 6.00. The van der Waals surface area contributed by atoms with Crippen LogP contribution < -0.4 is 15.4 Å². The van der Waals surface area contributed by atoms with Gasteiger partial charge in [-0.2, -0.15) is 0 Å². The maximum atomic E-state index is 12.2. The molecule has 4 N–H and O–H groups in total. The Balaban J connectivity index is 1.04. The minimum absolute atomic E-state index is 0.0924. The van der Waals surface area contributed by atoms with E-state index >= 15 is 0 Å². The number of nitrogens with zero attached hydrogens (tertiary/aromatic N) is 1. The Hall–Kier alpha value is -4.20. The van der Waals surface area contributed by atoms with E-state index in [0.717, 1.165) is 57.5 Å². The van der Waals surface area contributed by atoms with Gasteiger partial charge in [-0.3, -0.25) is 9.78 Å². The van der Waals surface area contributed by atoms with Gasteiger partial charge in [0.2, 0.25) is 5.91 Å². The maximum absolute atomic E-state index is 12.2. The molecule has 0 saturated carbocycles. The summed E-state index contributed by atoms with van der Waals surface area (Å²) in [5, 5.41) is 18.8. The molecule has 1 atom stereocenters. The molecule has 2 heterocycles. The second kappa shape index (κ2) is 11.7. The minimum atomic E-state index is -0.628. The first-order chi connectivity index (χ1) is 18.2. The van der Waals surface area contributed by atoms with Crippen LogP contribution in [0.2, 0.25) is 0 Å². The molecule has 5 rings (SSSR count). The van der Waals surface area contributed by atoms with Crippen LogP contribution in [0.4, 0.5) is 5.69 Å². The molecule has 0 saturated heterocycles. The van der Waals surface area contributed by atoms with E-state index in [1.54, 1.807) is 6.20 Å². The molecular formula is C30H30N4O3. The van der Waals surface area contributed by atoms with Gasteiger partial charge in [-0.05, 0) is 61.0 Å². The average molecular weight is 495 g/mol. The predicted octanol–water partition coefficient (Wildman–Crippen LogP) is 4.47. The van der Waals surface area contributed by atoms with Gasteiger partial charge in [0.1, 0.15) is 18.5 Å². The van der Waals surface area contributed by atoms with E-state index in [-0.39, 0.29) is 18.9 Å². The number of amides is 1. The Morgan fingerprint density at radius 1 is 0.946 bits per heavy atom. The van der Waals surface area contributed by atoms with Gasteiger partial charge in [-0.1, -0.05) is 42.5 Å². The van der Waals surface area contributed by atoms with Crippen LogP contribution in [-0.2, 0) is 17.6 Å². The van der Waals surface area contributed by atoms with Crippen LogP contribution in [0.15, 0.2) is 91.1 Å². The van der Waals surface area contributed by atoms with Crippen molar-refractivity contribution in [3.05, 3.63) is 102 Å². The lowest BCUT2D eigenvalue weighted by Crippen LogP contribution is -2.32. The quantitative estimate of drug-likeness (QED) is 0.203. The van der Waals surface area contributed by atoms with Gasteiger partial charge >= 0.3 is 0 Å². The molecule has 0 aliphatic carbocycles. The van der Waals surface area contributed by atoms with Gasteiger partial charge < -0.3 is 25.5 Å². The monoisotopic (exact) mass is 494 g/mol. The molecule has 3 aromatic carbocycles. The number of hydrogen-bond donors (Lipinski definition) is 4. The highest BCUT2D eigenvalue weighted by atomic mass is 16.5. The number of H-pyrrole nitrogens is 1. The molecule has 0 fully saturated rings. The number of rotatable bonds is 11. The number of fused-ring (bicyclic) bond motifs is 3. The largest absolute Gasteiger partial charge is 0.490 e.